The maximum absolute atomic E-state index is 10.2. The van der Waals surface area contributed by atoms with Crippen LogP contribution in [0.2, 0.25) is 0 Å². The SMILES string of the molecule is O=C(Cl)C[C@H](Br)C(=O)Cl. The summed E-state index contributed by atoms with van der Waals surface area (Å²) in [5.74, 6) is 0. The number of hydrogen-bond acceptors (Lipinski definition) is 2. The first-order valence-corrected chi connectivity index (χ1v) is 3.73. The van der Waals surface area contributed by atoms with Crippen LogP contribution in [0.3, 0.4) is 0 Å². The van der Waals surface area contributed by atoms with E-state index in [-0.39, 0.29) is 6.42 Å². The molecule has 5 heteroatoms. The molecule has 0 aromatic heterocycles. The van der Waals surface area contributed by atoms with Crippen molar-refractivity contribution in [1.29, 1.82) is 0 Å². The zero-order valence-corrected chi connectivity index (χ0v) is 7.33. The quantitative estimate of drug-likeness (QED) is 0.549. The van der Waals surface area contributed by atoms with Crippen molar-refractivity contribution in [3.05, 3.63) is 0 Å². The van der Waals surface area contributed by atoms with Gasteiger partial charge in [0.25, 0.3) is 0 Å². The Labute approximate surface area is 70.6 Å². The average molecular weight is 234 g/mol. The van der Waals surface area contributed by atoms with Gasteiger partial charge in [-0.3, -0.25) is 9.59 Å². The maximum Gasteiger partial charge on any atom is 0.235 e. The average Bonchev–Trinajstić information content (AvgIpc) is 1.63. The summed E-state index contributed by atoms with van der Waals surface area (Å²) in [5, 5.41) is -1.19. The van der Waals surface area contributed by atoms with E-state index in [4.69, 9.17) is 23.2 Å². The molecule has 0 radical (unpaired) electrons. The Hall–Kier alpha value is 0.400. The Morgan fingerprint density at radius 3 is 2.00 bits per heavy atom. The van der Waals surface area contributed by atoms with Gasteiger partial charge in [0.15, 0.2) is 0 Å². The van der Waals surface area contributed by atoms with Crippen LogP contribution in [0, 0.1) is 0 Å². The number of alkyl halides is 1. The molecule has 0 aliphatic carbocycles. The second kappa shape index (κ2) is 4.25. The lowest BCUT2D eigenvalue weighted by atomic mass is 10.4. The molecule has 0 aliphatic rings. The van der Waals surface area contributed by atoms with Gasteiger partial charge < -0.3 is 0 Å². The number of carbonyl (C=O) groups excluding carboxylic acids is 2. The Morgan fingerprint density at radius 1 is 1.44 bits per heavy atom. The molecule has 0 spiro atoms. The van der Waals surface area contributed by atoms with Gasteiger partial charge >= 0.3 is 0 Å². The maximum atomic E-state index is 10.2. The molecule has 1 atom stereocenters. The largest absolute Gasteiger partial charge is 0.281 e. The molecule has 0 saturated heterocycles. The molecule has 0 heterocycles. The van der Waals surface area contributed by atoms with Crippen LogP contribution in [0.15, 0.2) is 0 Å². The third-order valence-electron chi connectivity index (χ3n) is 0.586. The second-order valence-electron chi connectivity index (χ2n) is 1.33. The van der Waals surface area contributed by atoms with E-state index in [9.17, 15) is 9.59 Å². The molecule has 0 fully saturated rings. The number of rotatable bonds is 3. The highest BCUT2D eigenvalue weighted by molar-refractivity contribution is 9.10. The van der Waals surface area contributed by atoms with Crippen LogP contribution in [-0.2, 0) is 9.59 Å². The standard InChI is InChI=1S/C4H3BrCl2O2/c5-2(4(7)9)1-3(6)8/h2H,1H2/t2-/m0/s1. The van der Waals surface area contributed by atoms with Crippen molar-refractivity contribution in [3.63, 3.8) is 0 Å². The van der Waals surface area contributed by atoms with E-state index < -0.39 is 15.3 Å². The van der Waals surface area contributed by atoms with Crippen LogP contribution in [0.4, 0.5) is 0 Å². The third-order valence-corrected chi connectivity index (χ3v) is 2.01. The molecule has 0 saturated carbocycles. The Balaban J connectivity index is 3.63. The normalized spacial score (nSPS) is 12.8. The van der Waals surface area contributed by atoms with E-state index in [0.29, 0.717) is 0 Å². The summed E-state index contributed by atoms with van der Waals surface area (Å²) in [5.41, 5.74) is 0. The first-order valence-electron chi connectivity index (χ1n) is 2.05. The highest BCUT2D eigenvalue weighted by Crippen LogP contribution is 2.10. The van der Waals surface area contributed by atoms with Crippen LogP contribution >= 0.6 is 39.1 Å². The first kappa shape index (κ1) is 9.40. The van der Waals surface area contributed by atoms with E-state index in [1.54, 1.807) is 0 Å². The molecule has 0 aromatic rings. The summed E-state index contributed by atoms with van der Waals surface area (Å²) in [6, 6.07) is 0. The third kappa shape index (κ3) is 4.88. The van der Waals surface area contributed by atoms with Gasteiger partial charge in [0.2, 0.25) is 10.5 Å². The highest BCUT2D eigenvalue weighted by Gasteiger charge is 2.14. The molecular formula is C4H3BrCl2O2. The second-order valence-corrected chi connectivity index (χ2v) is 3.23. The molecule has 0 N–H and O–H groups in total. The van der Waals surface area contributed by atoms with Crippen molar-refractivity contribution >= 4 is 49.6 Å². The summed E-state index contributed by atoms with van der Waals surface area (Å²) in [7, 11) is 0. The van der Waals surface area contributed by atoms with Crippen molar-refractivity contribution in [2.75, 3.05) is 0 Å². The summed E-state index contributed by atoms with van der Waals surface area (Å²) < 4.78 is 0. The minimum atomic E-state index is -0.649. The van der Waals surface area contributed by atoms with E-state index in [1.807, 2.05) is 0 Å². The van der Waals surface area contributed by atoms with Gasteiger partial charge in [0.05, 0.1) is 4.83 Å². The lowest BCUT2D eigenvalue weighted by Crippen LogP contribution is -2.09. The van der Waals surface area contributed by atoms with Crippen molar-refractivity contribution in [1.82, 2.24) is 0 Å². The van der Waals surface area contributed by atoms with Gasteiger partial charge in [-0.1, -0.05) is 15.9 Å². The fourth-order valence-electron chi connectivity index (χ4n) is 0.221. The summed E-state index contributed by atoms with van der Waals surface area (Å²) in [6.45, 7) is 0. The molecule has 0 rings (SSSR count). The van der Waals surface area contributed by atoms with Gasteiger partial charge in [0, 0.05) is 6.42 Å². The Morgan fingerprint density at radius 2 is 1.89 bits per heavy atom. The minimum Gasteiger partial charge on any atom is -0.281 e. The van der Waals surface area contributed by atoms with E-state index in [2.05, 4.69) is 15.9 Å². The van der Waals surface area contributed by atoms with Crippen LogP contribution in [0.5, 0.6) is 0 Å². The lowest BCUT2D eigenvalue weighted by molar-refractivity contribution is -0.115. The molecule has 0 aliphatic heterocycles. The van der Waals surface area contributed by atoms with E-state index in [1.165, 1.54) is 0 Å². The summed E-state index contributed by atoms with van der Waals surface area (Å²) >= 11 is 12.8. The smallest absolute Gasteiger partial charge is 0.235 e. The van der Waals surface area contributed by atoms with E-state index in [0.717, 1.165) is 0 Å². The predicted octanol–water partition coefficient (Wildman–Crippen LogP) is 1.67. The van der Waals surface area contributed by atoms with Crippen LogP contribution < -0.4 is 0 Å². The van der Waals surface area contributed by atoms with Crippen molar-refractivity contribution in [3.8, 4) is 0 Å². The fraction of sp³-hybridized carbons (Fsp3) is 0.500. The lowest BCUT2D eigenvalue weighted by Gasteiger charge is -1.96. The fourth-order valence-corrected chi connectivity index (χ4v) is 0.933. The molecule has 2 nitrogen and oxygen atoms in total. The van der Waals surface area contributed by atoms with Gasteiger partial charge in [-0.25, -0.2) is 0 Å². The number of hydrogen-bond donors (Lipinski definition) is 0. The molecule has 0 unspecified atom stereocenters. The van der Waals surface area contributed by atoms with Crippen LogP contribution in [0.25, 0.3) is 0 Å². The van der Waals surface area contributed by atoms with Crippen molar-refractivity contribution in [2.24, 2.45) is 0 Å². The van der Waals surface area contributed by atoms with Gasteiger partial charge in [0.1, 0.15) is 0 Å². The Kier molecular flexibility index (Phi) is 4.44. The van der Waals surface area contributed by atoms with Crippen molar-refractivity contribution < 1.29 is 9.59 Å². The summed E-state index contributed by atoms with van der Waals surface area (Å²) in [6.07, 6.45) is -0.0656. The molecular weight excluding hydrogens is 231 g/mol. The number of halogens is 3. The zero-order chi connectivity index (χ0) is 7.44. The van der Waals surface area contributed by atoms with Gasteiger partial charge in [-0.05, 0) is 23.2 Å². The van der Waals surface area contributed by atoms with Crippen molar-refractivity contribution in [2.45, 2.75) is 11.2 Å². The van der Waals surface area contributed by atoms with Crippen LogP contribution in [0.1, 0.15) is 6.42 Å². The van der Waals surface area contributed by atoms with Gasteiger partial charge in [-0.15, -0.1) is 0 Å². The minimum absolute atomic E-state index is 0.0656. The van der Waals surface area contributed by atoms with Crippen LogP contribution in [-0.4, -0.2) is 15.3 Å². The molecule has 0 amide bonds. The molecule has 9 heavy (non-hydrogen) atoms. The summed E-state index contributed by atoms with van der Waals surface area (Å²) in [4.78, 5) is 19.6. The van der Waals surface area contributed by atoms with E-state index >= 15 is 0 Å². The Bertz CT molecular complexity index is 137. The topological polar surface area (TPSA) is 34.1 Å². The molecule has 0 aromatic carbocycles. The molecule has 52 valence electrons. The highest BCUT2D eigenvalue weighted by atomic mass is 79.9. The van der Waals surface area contributed by atoms with Gasteiger partial charge in [-0.2, -0.15) is 0 Å². The number of carbonyl (C=O) groups is 2. The monoisotopic (exact) mass is 232 g/mol. The first-order chi connectivity index (χ1) is 4.04. The molecule has 0 bridgehead atoms. The zero-order valence-electron chi connectivity index (χ0n) is 4.23. The predicted molar refractivity (Wildman–Crippen MR) is 39.1 cm³/mol.